The molecule has 0 radical (unpaired) electrons. The van der Waals surface area contributed by atoms with Crippen LogP contribution < -0.4 is 4.74 Å². The van der Waals surface area contributed by atoms with E-state index in [4.69, 9.17) is 9.84 Å². The first-order valence-corrected chi connectivity index (χ1v) is 12.7. The highest BCUT2D eigenvalue weighted by Crippen LogP contribution is 2.24. The number of amides is 1. The van der Waals surface area contributed by atoms with E-state index in [1.165, 1.54) is 4.90 Å². The van der Waals surface area contributed by atoms with Gasteiger partial charge >= 0.3 is 5.97 Å². The van der Waals surface area contributed by atoms with Crippen LogP contribution in [-0.2, 0) is 17.8 Å². The summed E-state index contributed by atoms with van der Waals surface area (Å²) in [5, 5.41) is 8.82. The van der Waals surface area contributed by atoms with Gasteiger partial charge in [0.2, 0.25) is 0 Å². The maximum Gasteiger partial charge on any atom is 0.303 e. The number of rotatable bonds is 13. The number of carbonyl (C=O) groups is 2. The summed E-state index contributed by atoms with van der Waals surface area (Å²) in [5.74, 6) is -0.919. The lowest BCUT2D eigenvalue weighted by Gasteiger charge is -2.24. The van der Waals surface area contributed by atoms with Crippen molar-refractivity contribution in [3.63, 3.8) is 0 Å². The van der Waals surface area contributed by atoms with Crippen molar-refractivity contribution in [3.8, 4) is 16.9 Å². The number of aromatic nitrogens is 1. The molecule has 38 heavy (non-hydrogen) atoms. The SMILES string of the molecule is [2H]C([2H])(c1ccccc1OCCCCCC(=O)O)N(Cc1ccccc1)C(=O)c1ccc(-c2ccncc2)cc1. The molecule has 0 aliphatic carbocycles. The number of carbonyl (C=O) groups excluding carboxylic acids is 1. The van der Waals surface area contributed by atoms with E-state index in [0.29, 0.717) is 37.2 Å². The van der Waals surface area contributed by atoms with Gasteiger partial charge in [-0.05, 0) is 66.3 Å². The second kappa shape index (κ2) is 13.7. The first-order valence-electron chi connectivity index (χ1n) is 13.7. The van der Waals surface area contributed by atoms with Crippen LogP contribution in [0.25, 0.3) is 11.1 Å². The second-order valence-electron chi connectivity index (χ2n) is 8.85. The van der Waals surface area contributed by atoms with Crippen molar-refractivity contribution in [2.24, 2.45) is 0 Å². The molecule has 0 fully saturated rings. The Labute approximate surface area is 226 Å². The minimum atomic E-state index is -2.20. The van der Waals surface area contributed by atoms with E-state index in [0.717, 1.165) is 16.7 Å². The van der Waals surface area contributed by atoms with Gasteiger partial charge in [-0.1, -0.05) is 60.7 Å². The van der Waals surface area contributed by atoms with Crippen molar-refractivity contribution in [1.82, 2.24) is 9.88 Å². The van der Waals surface area contributed by atoms with Crippen LogP contribution in [0.3, 0.4) is 0 Å². The fourth-order valence-corrected chi connectivity index (χ4v) is 4.00. The molecule has 194 valence electrons. The van der Waals surface area contributed by atoms with Gasteiger partial charge in [-0.3, -0.25) is 14.6 Å². The fraction of sp³-hybridized carbons (Fsp3) is 0.219. The summed E-state index contributed by atoms with van der Waals surface area (Å²) in [6.07, 6.45) is 5.41. The maximum atomic E-state index is 13.9. The van der Waals surface area contributed by atoms with Gasteiger partial charge in [0, 0.05) is 43.0 Å². The Balaban J connectivity index is 1.59. The molecule has 0 saturated carbocycles. The Hall–Kier alpha value is -4.45. The summed E-state index contributed by atoms with van der Waals surface area (Å²) in [5.41, 5.74) is 3.32. The number of hydrogen-bond acceptors (Lipinski definition) is 4. The van der Waals surface area contributed by atoms with E-state index < -0.39 is 18.4 Å². The van der Waals surface area contributed by atoms with E-state index in [2.05, 4.69) is 4.98 Å². The monoisotopic (exact) mass is 510 g/mol. The van der Waals surface area contributed by atoms with Crippen molar-refractivity contribution in [3.05, 3.63) is 120 Å². The molecule has 1 amide bonds. The third kappa shape index (κ3) is 7.77. The molecule has 4 rings (SSSR count). The zero-order valence-corrected chi connectivity index (χ0v) is 21.1. The highest BCUT2D eigenvalue weighted by molar-refractivity contribution is 5.94. The van der Waals surface area contributed by atoms with Crippen LogP contribution in [0, 0.1) is 0 Å². The van der Waals surface area contributed by atoms with Gasteiger partial charge in [0.05, 0.1) is 9.35 Å². The zero-order chi connectivity index (χ0) is 28.4. The Bertz CT molecular complexity index is 1400. The van der Waals surface area contributed by atoms with Gasteiger partial charge in [-0.25, -0.2) is 0 Å². The predicted octanol–water partition coefficient (Wildman–Crippen LogP) is 6.62. The molecule has 0 bridgehead atoms. The minimum Gasteiger partial charge on any atom is -0.493 e. The highest BCUT2D eigenvalue weighted by atomic mass is 16.5. The van der Waals surface area contributed by atoms with E-state index in [-0.39, 0.29) is 18.5 Å². The third-order valence-electron chi connectivity index (χ3n) is 6.01. The number of carboxylic acids is 1. The van der Waals surface area contributed by atoms with Crippen molar-refractivity contribution in [2.75, 3.05) is 6.61 Å². The average molecular weight is 511 g/mol. The number of benzene rings is 3. The molecule has 4 aromatic rings. The van der Waals surface area contributed by atoms with Crippen LogP contribution in [-0.4, -0.2) is 33.5 Å². The smallest absolute Gasteiger partial charge is 0.303 e. The summed E-state index contributed by atoms with van der Waals surface area (Å²) in [6, 6.07) is 27.0. The van der Waals surface area contributed by atoms with Gasteiger partial charge in [-0.15, -0.1) is 0 Å². The lowest BCUT2D eigenvalue weighted by molar-refractivity contribution is -0.137. The largest absolute Gasteiger partial charge is 0.493 e. The topological polar surface area (TPSA) is 79.7 Å². The van der Waals surface area contributed by atoms with E-state index in [9.17, 15) is 12.3 Å². The number of hydrogen-bond donors (Lipinski definition) is 1. The first-order chi connectivity index (χ1) is 19.4. The molecular weight excluding hydrogens is 476 g/mol. The van der Waals surface area contributed by atoms with Gasteiger partial charge in [-0.2, -0.15) is 0 Å². The minimum absolute atomic E-state index is 0.0578. The summed E-state index contributed by atoms with van der Waals surface area (Å²) >= 11 is 0. The molecular formula is C32H32N2O4. The average Bonchev–Trinajstić information content (AvgIpc) is 2.98. The lowest BCUT2D eigenvalue weighted by atomic mass is 10.0. The Kier molecular flexibility index (Phi) is 8.65. The van der Waals surface area contributed by atoms with Crippen LogP contribution in [0.2, 0.25) is 0 Å². The molecule has 1 aromatic heterocycles. The van der Waals surface area contributed by atoms with E-state index >= 15 is 0 Å². The van der Waals surface area contributed by atoms with Crippen LogP contribution >= 0.6 is 0 Å². The second-order valence-corrected chi connectivity index (χ2v) is 8.85. The molecule has 0 atom stereocenters. The van der Waals surface area contributed by atoms with Gasteiger partial charge in [0.1, 0.15) is 5.75 Å². The van der Waals surface area contributed by atoms with Gasteiger partial charge in [0.25, 0.3) is 5.91 Å². The number of pyridine rings is 1. The molecule has 6 nitrogen and oxygen atoms in total. The van der Waals surface area contributed by atoms with Crippen LogP contribution in [0.4, 0.5) is 0 Å². The number of carboxylic acid groups (broad SMARTS) is 1. The molecule has 0 aliphatic heterocycles. The number of aliphatic carboxylic acids is 1. The quantitative estimate of drug-likeness (QED) is 0.205. The highest BCUT2D eigenvalue weighted by Gasteiger charge is 2.19. The van der Waals surface area contributed by atoms with Crippen LogP contribution in [0.15, 0.2) is 103 Å². The predicted molar refractivity (Wildman–Crippen MR) is 148 cm³/mol. The third-order valence-corrected chi connectivity index (χ3v) is 6.01. The van der Waals surface area contributed by atoms with Crippen molar-refractivity contribution in [1.29, 1.82) is 0 Å². The molecule has 1 heterocycles. The Morgan fingerprint density at radius 1 is 0.816 bits per heavy atom. The molecule has 6 heteroatoms. The first kappa shape index (κ1) is 23.9. The van der Waals surface area contributed by atoms with Crippen LogP contribution in [0.5, 0.6) is 5.75 Å². The van der Waals surface area contributed by atoms with Crippen molar-refractivity contribution >= 4 is 11.9 Å². The maximum absolute atomic E-state index is 13.9. The lowest BCUT2D eigenvalue weighted by Crippen LogP contribution is -2.30. The van der Waals surface area contributed by atoms with Gasteiger partial charge < -0.3 is 14.7 Å². The number of unbranched alkanes of at least 4 members (excludes halogenated alkanes) is 2. The molecule has 0 saturated heterocycles. The van der Waals surface area contributed by atoms with Crippen molar-refractivity contribution < 1.29 is 22.2 Å². The normalized spacial score (nSPS) is 11.8. The van der Waals surface area contributed by atoms with Gasteiger partial charge in [0.15, 0.2) is 0 Å². The van der Waals surface area contributed by atoms with E-state index in [1.807, 2.05) is 54.6 Å². The number of nitrogens with zero attached hydrogens (tertiary/aromatic N) is 2. The zero-order valence-electron chi connectivity index (χ0n) is 23.1. The summed E-state index contributed by atoms with van der Waals surface area (Å²) in [6.45, 7) is -1.82. The standard InChI is InChI=1S/C32H32N2O4/c35-31(36)13-5-2-8-22-38-30-12-7-6-11-29(30)24-34(23-25-9-3-1-4-10-25)32(37)28-16-14-26(15-17-28)27-18-20-33-21-19-27/h1,3-4,6-7,9-12,14-21H,2,5,8,13,22-24H2,(H,35,36)/i24D2. The fourth-order valence-electron chi connectivity index (χ4n) is 4.00. The Morgan fingerprint density at radius 2 is 1.50 bits per heavy atom. The molecule has 0 aliphatic rings. The molecule has 1 N–H and O–H groups in total. The molecule has 0 unspecified atom stereocenters. The summed E-state index contributed by atoms with van der Waals surface area (Å²) in [7, 11) is 0. The summed E-state index contributed by atoms with van der Waals surface area (Å²) < 4.78 is 24.3. The van der Waals surface area contributed by atoms with E-state index in [1.54, 1.807) is 48.8 Å². The molecule has 0 spiro atoms. The van der Waals surface area contributed by atoms with Crippen molar-refractivity contribution in [2.45, 2.75) is 38.7 Å². The Morgan fingerprint density at radius 3 is 2.24 bits per heavy atom. The molecule has 3 aromatic carbocycles. The number of ether oxygens (including phenoxy) is 1. The number of para-hydroxylation sites is 1. The summed E-state index contributed by atoms with van der Waals surface area (Å²) in [4.78, 5) is 29.9. The van der Waals surface area contributed by atoms with Crippen LogP contribution in [0.1, 0.15) is 49.9 Å².